The largest absolute Gasteiger partial charge is 0.441 e. The molecule has 0 aliphatic rings. The number of aromatic nitrogens is 2. The number of halogens is 3. The summed E-state index contributed by atoms with van der Waals surface area (Å²) in [5.41, 5.74) is -4.70. The molecule has 1 rings (SSSR count). The second-order valence-corrected chi connectivity index (χ2v) is 4.98. The lowest BCUT2D eigenvalue weighted by Crippen LogP contribution is -2.13. The minimum Gasteiger partial charge on any atom is -0.364 e. The van der Waals surface area contributed by atoms with Crippen molar-refractivity contribution in [3.05, 3.63) is 16.4 Å². The number of nitro groups is 1. The third kappa shape index (κ3) is 6.02. The highest BCUT2D eigenvalue weighted by molar-refractivity contribution is 8.00. The molecular formula is C10H14F3N5O2S. The quantitative estimate of drug-likeness (QED) is 0.431. The van der Waals surface area contributed by atoms with E-state index in [2.05, 4.69) is 20.6 Å². The molecule has 0 atom stereocenters. The molecule has 0 aromatic carbocycles. The molecule has 11 heteroatoms. The number of nitrogens with one attached hydrogen (secondary N) is 2. The van der Waals surface area contributed by atoms with Crippen LogP contribution in [0.5, 0.6) is 0 Å². The van der Waals surface area contributed by atoms with Crippen molar-refractivity contribution in [2.75, 3.05) is 29.5 Å². The molecule has 0 saturated carbocycles. The van der Waals surface area contributed by atoms with Crippen LogP contribution in [0.2, 0.25) is 0 Å². The molecule has 1 heterocycles. The summed E-state index contributed by atoms with van der Waals surface area (Å²) in [5.74, 6) is -0.332. The Balaban J connectivity index is 2.74. The SMILES string of the molecule is CCCNc1ncnc(NCCSC(F)(F)F)c1[N+](=O)[O-]. The number of hydrogen-bond donors (Lipinski definition) is 2. The number of thioether (sulfide) groups is 1. The molecule has 0 radical (unpaired) electrons. The van der Waals surface area contributed by atoms with Crippen LogP contribution in [0.25, 0.3) is 0 Å². The lowest BCUT2D eigenvalue weighted by Gasteiger charge is -2.10. The number of nitrogens with zero attached hydrogens (tertiary/aromatic N) is 3. The zero-order chi connectivity index (χ0) is 15.9. The standard InChI is InChI=1S/C10H14F3N5O2S/c1-2-3-14-8-7(18(19)20)9(17-6-16-8)15-4-5-21-10(11,12)13/h6H,2-5H2,1H3,(H2,14,15,16,17). The molecule has 0 amide bonds. The van der Waals surface area contributed by atoms with Crippen LogP contribution in [0, 0.1) is 10.1 Å². The lowest BCUT2D eigenvalue weighted by molar-refractivity contribution is -0.383. The van der Waals surface area contributed by atoms with E-state index in [-0.39, 0.29) is 41.4 Å². The van der Waals surface area contributed by atoms with Gasteiger partial charge < -0.3 is 10.6 Å². The Hall–Kier alpha value is -1.78. The average molecular weight is 325 g/mol. The summed E-state index contributed by atoms with van der Waals surface area (Å²) < 4.78 is 36.0. The first-order valence-electron chi connectivity index (χ1n) is 6.03. The van der Waals surface area contributed by atoms with Gasteiger partial charge in [-0.2, -0.15) is 13.2 Å². The van der Waals surface area contributed by atoms with E-state index < -0.39 is 10.4 Å². The molecular weight excluding hydrogens is 311 g/mol. The van der Waals surface area contributed by atoms with E-state index in [1.807, 2.05) is 6.92 Å². The molecule has 0 bridgehead atoms. The summed E-state index contributed by atoms with van der Waals surface area (Å²) in [6, 6.07) is 0. The zero-order valence-corrected chi connectivity index (χ0v) is 11.9. The van der Waals surface area contributed by atoms with Crippen molar-refractivity contribution in [2.45, 2.75) is 18.9 Å². The van der Waals surface area contributed by atoms with Gasteiger partial charge in [0.15, 0.2) is 0 Å². The predicted molar refractivity (Wildman–Crippen MR) is 74.5 cm³/mol. The van der Waals surface area contributed by atoms with Crippen molar-refractivity contribution in [1.29, 1.82) is 0 Å². The van der Waals surface area contributed by atoms with E-state index in [9.17, 15) is 23.3 Å². The van der Waals surface area contributed by atoms with Gasteiger partial charge in [-0.25, -0.2) is 9.97 Å². The van der Waals surface area contributed by atoms with Crippen LogP contribution in [0.1, 0.15) is 13.3 Å². The predicted octanol–water partition coefficient (Wildman–Crippen LogP) is 2.87. The normalized spacial score (nSPS) is 11.2. The van der Waals surface area contributed by atoms with Crippen molar-refractivity contribution < 1.29 is 18.1 Å². The van der Waals surface area contributed by atoms with Gasteiger partial charge in [0.25, 0.3) is 0 Å². The third-order valence-corrected chi connectivity index (χ3v) is 2.94. The summed E-state index contributed by atoms with van der Waals surface area (Å²) in [5, 5.41) is 16.4. The molecule has 118 valence electrons. The minimum absolute atomic E-state index is 0.0443. The number of alkyl halides is 3. The van der Waals surface area contributed by atoms with Gasteiger partial charge in [0.2, 0.25) is 11.6 Å². The highest BCUT2D eigenvalue weighted by Gasteiger charge is 2.28. The Morgan fingerprint density at radius 3 is 2.33 bits per heavy atom. The number of hydrogen-bond acceptors (Lipinski definition) is 7. The Labute approximate surface area is 122 Å². The molecule has 0 fully saturated rings. The minimum atomic E-state index is -4.33. The van der Waals surface area contributed by atoms with E-state index in [0.717, 1.165) is 12.7 Å². The molecule has 1 aromatic rings. The van der Waals surface area contributed by atoms with Crippen molar-refractivity contribution in [2.24, 2.45) is 0 Å². The van der Waals surface area contributed by atoms with E-state index in [1.165, 1.54) is 0 Å². The van der Waals surface area contributed by atoms with Crippen LogP contribution in [-0.2, 0) is 0 Å². The summed E-state index contributed by atoms with van der Waals surface area (Å²) in [4.78, 5) is 17.9. The Kier molecular flexibility index (Phi) is 6.46. The summed E-state index contributed by atoms with van der Waals surface area (Å²) in [7, 11) is 0. The molecule has 0 spiro atoms. The fourth-order valence-electron chi connectivity index (χ4n) is 1.39. The van der Waals surface area contributed by atoms with Gasteiger partial charge in [-0.3, -0.25) is 10.1 Å². The van der Waals surface area contributed by atoms with Crippen LogP contribution < -0.4 is 10.6 Å². The Morgan fingerprint density at radius 1 is 1.29 bits per heavy atom. The van der Waals surface area contributed by atoms with E-state index in [1.54, 1.807) is 0 Å². The first-order chi connectivity index (χ1) is 9.85. The molecule has 1 aromatic heterocycles. The van der Waals surface area contributed by atoms with Crippen LogP contribution >= 0.6 is 11.8 Å². The molecule has 21 heavy (non-hydrogen) atoms. The molecule has 7 nitrogen and oxygen atoms in total. The topological polar surface area (TPSA) is 93.0 Å². The molecule has 2 N–H and O–H groups in total. The zero-order valence-electron chi connectivity index (χ0n) is 11.1. The number of anilines is 2. The second-order valence-electron chi connectivity index (χ2n) is 3.82. The van der Waals surface area contributed by atoms with Gasteiger partial charge in [-0.15, -0.1) is 0 Å². The summed E-state index contributed by atoms with van der Waals surface area (Å²) >= 11 is -0.206. The van der Waals surface area contributed by atoms with Gasteiger partial charge in [0, 0.05) is 18.8 Å². The first-order valence-corrected chi connectivity index (χ1v) is 7.01. The van der Waals surface area contributed by atoms with Crippen LogP contribution in [0.15, 0.2) is 6.33 Å². The highest BCUT2D eigenvalue weighted by atomic mass is 32.2. The van der Waals surface area contributed by atoms with Crippen LogP contribution in [0.3, 0.4) is 0 Å². The molecule has 0 aliphatic heterocycles. The van der Waals surface area contributed by atoms with Gasteiger partial charge >= 0.3 is 11.2 Å². The van der Waals surface area contributed by atoms with Gasteiger partial charge in [-0.1, -0.05) is 6.92 Å². The van der Waals surface area contributed by atoms with Gasteiger partial charge in [0.1, 0.15) is 6.33 Å². The third-order valence-electron chi connectivity index (χ3n) is 2.21. The second kappa shape index (κ2) is 7.86. The van der Waals surface area contributed by atoms with Crippen molar-refractivity contribution >= 4 is 29.1 Å². The Morgan fingerprint density at radius 2 is 1.86 bits per heavy atom. The van der Waals surface area contributed by atoms with E-state index >= 15 is 0 Å². The fourth-order valence-corrected chi connectivity index (χ4v) is 1.83. The lowest BCUT2D eigenvalue weighted by atomic mass is 10.4. The van der Waals surface area contributed by atoms with Gasteiger partial charge in [0.05, 0.1) is 4.92 Å². The van der Waals surface area contributed by atoms with Crippen molar-refractivity contribution in [3.63, 3.8) is 0 Å². The summed E-state index contributed by atoms with van der Waals surface area (Å²) in [6.45, 7) is 2.27. The van der Waals surface area contributed by atoms with Crippen LogP contribution in [0.4, 0.5) is 30.5 Å². The molecule has 0 aliphatic carbocycles. The van der Waals surface area contributed by atoms with Crippen molar-refractivity contribution in [3.8, 4) is 0 Å². The van der Waals surface area contributed by atoms with Gasteiger partial charge in [-0.05, 0) is 18.2 Å². The van der Waals surface area contributed by atoms with Crippen LogP contribution in [-0.4, -0.2) is 39.2 Å². The molecule has 0 saturated heterocycles. The van der Waals surface area contributed by atoms with Crippen molar-refractivity contribution in [1.82, 2.24) is 9.97 Å². The highest BCUT2D eigenvalue weighted by Crippen LogP contribution is 2.31. The number of rotatable bonds is 8. The summed E-state index contributed by atoms with van der Waals surface area (Å²) in [6.07, 6.45) is 1.86. The maximum atomic E-state index is 12.0. The monoisotopic (exact) mass is 325 g/mol. The maximum Gasteiger partial charge on any atom is 0.441 e. The fraction of sp³-hybridized carbons (Fsp3) is 0.600. The smallest absolute Gasteiger partial charge is 0.364 e. The van der Waals surface area contributed by atoms with E-state index in [0.29, 0.717) is 6.54 Å². The Bertz CT molecular complexity index is 486. The first kappa shape index (κ1) is 17.3. The maximum absolute atomic E-state index is 12.0. The molecule has 0 unspecified atom stereocenters. The average Bonchev–Trinajstić information content (AvgIpc) is 2.40. The van der Waals surface area contributed by atoms with E-state index in [4.69, 9.17) is 0 Å².